The summed E-state index contributed by atoms with van der Waals surface area (Å²) in [5.74, 6) is -6.22. The van der Waals surface area contributed by atoms with E-state index in [9.17, 15) is 39.0 Å². The molecule has 0 aliphatic heterocycles. The molecule has 0 saturated carbocycles. The Hall–Kier alpha value is -4.20. The molecule has 0 bridgehead atoms. The first-order chi connectivity index (χ1) is 18.2. The lowest BCUT2D eigenvalue weighted by molar-refractivity contribution is -0.143. The smallest absolute Gasteiger partial charge is 0.326 e. The lowest BCUT2D eigenvalue weighted by atomic mass is 9.96. The number of carboxylic acid groups (broad SMARTS) is 2. The molecule has 14 nitrogen and oxygen atoms in total. The molecule has 0 aliphatic carbocycles. The van der Waals surface area contributed by atoms with Gasteiger partial charge in [-0.1, -0.05) is 32.4 Å². The summed E-state index contributed by atoms with van der Waals surface area (Å²) < 4.78 is 0. The van der Waals surface area contributed by atoms with Crippen LogP contribution in [0.4, 0.5) is 0 Å². The highest BCUT2D eigenvalue weighted by Gasteiger charge is 2.33. The number of amides is 4. The van der Waals surface area contributed by atoms with Gasteiger partial charge in [-0.25, -0.2) is 4.79 Å². The fourth-order valence-electron chi connectivity index (χ4n) is 3.56. The minimum atomic E-state index is -1.50. The van der Waals surface area contributed by atoms with Crippen molar-refractivity contribution in [3.63, 3.8) is 0 Å². The number of aliphatic carboxylic acids is 2. The van der Waals surface area contributed by atoms with Gasteiger partial charge in [-0.2, -0.15) is 0 Å². The number of phenols is 1. The van der Waals surface area contributed by atoms with Crippen LogP contribution in [0.1, 0.15) is 51.5 Å². The Kier molecular flexibility index (Phi) is 13.4. The molecule has 5 unspecified atom stereocenters. The zero-order valence-corrected chi connectivity index (χ0v) is 21.9. The average Bonchev–Trinajstić information content (AvgIpc) is 2.87. The second-order valence-corrected chi connectivity index (χ2v) is 9.25. The van der Waals surface area contributed by atoms with Crippen LogP contribution in [0, 0.1) is 5.92 Å². The van der Waals surface area contributed by atoms with Crippen LogP contribution in [0.25, 0.3) is 0 Å². The molecule has 5 atom stereocenters. The SMILES string of the molecule is CCC(C)C(NC(=O)C(CCC(N)=O)NC(=O)C(N)Cc1ccc(O)cc1)C(=O)NC(CCC(=O)O)C(=O)O. The van der Waals surface area contributed by atoms with Crippen LogP contribution in [-0.2, 0) is 35.2 Å². The Balaban J connectivity index is 3.02. The highest BCUT2D eigenvalue weighted by atomic mass is 16.4. The molecule has 4 amide bonds. The number of benzene rings is 1. The Morgan fingerprint density at radius 1 is 0.846 bits per heavy atom. The minimum Gasteiger partial charge on any atom is -0.508 e. The van der Waals surface area contributed by atoms with Crippen molar-refractivity contribution in [3.8, 4) is 5.75 Å². The average molecular weight is 552 g/mol. The Morgan fingerprint density at radius 3 is 1.92 bits per heavy atom. The molecule has 39 heavy (non-hydrogen) atoms. The van der Waals surface area contributed by atoms with Crippen molar-refractivity contribution in [3.05, 3.63) is 29.8 Å². The number of nitrogens with one attached hydrogen (secondary N) is 3. The summed E-state index contributed by atoms with van der Waals surface area (Å²) in [4.78, 5) is 72.6. The van der Waals surface area contributed by atoms with Gasteiger partial charge in [-0.05, 0) is 42.9 Å². The largest absolute Gasteiger partial charge is 0.508 e. The Morgan fingerprint density at radius 2 is 1.41 bits per heavy atom. The van der Waals surface area contributed by atoms with E-state index in [0.717, 1.165) is 0 Å². The van der Waals surface area contributed by atoms with E-state index < -0.39 is 72.1 Å². The monoisotopic (exact) mass is 551 g/mol. The van der Waals surface area contributed by atoms with Crippen molar-refractivity contribution < 1.29 is 44.1 Å². The van der Waals surface area contributed by atoms with Gasteiger partial charge < -0.3 is 42.7 Å². The first-order valence-corrected chi connectivity index (χ1v) is 12.4. The highest BCUT2D eigenvalue weighted by Crippen LogP contribution is 2.13. The molecule has 0 spiro atoms. The number of carbonyl (C=O) groups is 6. The van der Waals surface area contributed by atoms with Gasteiger partial charge >= 0.3 is 11.9 Å². The molecular weight excluding hydrogens is 514 g/mol. The van der Waals surface area contributed by atoms with Crippen molar-refractivity contribution in [2.75, 3.05) is 0 Å². The fourth-order valence-corrected chi connectivity index (χ4v) is 3.56. The van der Waals surface area contributed by atoms with E-state index in [1.807, 2.05) is 0 Å². The van der Waals surface area contributed by atoms with Crippen LogP contribution in [0.15, 0.2) is 24.3 Å². The van der Waals surface area contributed by atoms with Gasteiger partial charge in [0, 0.05) is 12.8 Å². The molecule has 0 aliphatic rings. The lowest BCUT2D eigenvalue weighted by Gasteiger charge is -2.28. The summed E-state index contributed by atoms with van der Waals surface area (Å²) in [6.07, 6.45) is -0.828. The molecule has 1 aromatic rings. The summed E-state index contributed by atoms with van der Waals surface area (Å²) >= 11 is 0. The van der Waals surface area contributed by atoms with Crippen molar-refractivity contribution in [2.24, 2.45) is 17.4 Å². The van der Waals surface area contributed by atoms with Gasteiger partial charge in [0.1, 0.15) is 23.9 Å². The lowest BCUT2D eigenvalue weighted by Crippen LogP contribution is -2.58. The Labute approximate surface area is 225 Å². The van der Waals surface area contributed by atoms with E-state index >= 15 is 0 Å². The summed E-state index contributed by atoms with van der Waals surface area (Å²) in [6, 6.07) is 0.911. The topological polar surface area (TPSA) is 251 Å². The van der Waals surface area contributed by atoms with Crippen LogP contribution in [0.3, 0.4) is 0 Å². The number of nitrogens with two attached hydrogens (primary N) is 2. The van der Waals surface area contributed by atoms with Gasteiger partial charge in [0.2, 0.25) is 23.6 Å². The number of primary amides is 1. The van der Waals surface area contributed by atoms with Crippen LogP contribution in [0.5, 0.6) is 5.75 Å². The molecule has 1 aromatic carbocycles. The van der Waals surface area contributed by atoms with E-state index in [1.165, 1.54) is 12.1 Å². The maximum atomic E-state index is 13.2. The highest BCUT2D eigenvalue weighted by molar-refractivity contribution is 5.94. The quantitative estimate of drug-likeness (QED) is 0.117. The number of hydrogen-bond acceptors (Lipinski definition) is 8. The number of hydrogen-bond donors (Lipinski definition) is 8. The Bertz CT molecular complexity index is 1030. The molecule has 0 saturated heterocycles. The zero-order valence-electron chi connectivity index (χ0n) is 21.9. The number of carboxylic acids is 2. The molecule has 1 rings (SSSR count). The van der Waals surface area contributed by atoms with Gasteiger partial charge in [-0.3, -0.25) is 24.0 Å². The zero-order chi connectivity index (χ0) is 29.7. The molecule has 0 aromatic heterocycles. The fraction of sp³-hybridized carbons (Fsp3) is 0.520. The van der Waals surface area contributed by atoms with Crippen LogP contribution in [-0.4, -0.2) is 75.1 Å². The predicted octanol–water partition coefficient (Wildman–Crippen LogP) is -1.02. The third-order valence-corrected chi connectivity index (χ3v) is 6.10. The molecular formula is C25H37N5O9. The van der Waals surface area contributed by atoms with E-state index in [4.69, 9.17) is 16.6 Å². The van der Waals surface area contributed by atoms with Crippen LogP contribution < -0.4 is 27.4 Å². The van der Waals surface area contributed by atoms with E-state index in [2.05, 4.69) is 16.0 Å². The van der Waals surface area contributed by atoms with Gasteiger partial charge in [0.15, 0.2) is 0 Å². The van der Waals surface area contributed by atoms with Crippen molar-refractivity contribution >= 4 is 35.6 Å². The third-order valence-electron chi connectivity index (χ3n) is 6.10. The normalized spacial score (nSPS) is 14.6. The number of phenolic OH excluding ortho intramolecular Hbond substituents is 1. The van der Waals surface area contributed by atoms with Crippen molar-refractivity contribution in [1.29, 1.82) is 0 Å². The van der Waals surface area contributed by atoms with Crippen LogP contribution >= 0.6 is 0 Å². The molecule has 0 radical (unpaired) electrons. The van der Waals surface area contributed by atoms with Gasteiger partial charge in [0.25, 0.3) is 0 Å². The molecule has 216 valence electrons. The first-order valence-electron chi connectivity index (χ1n) is 12.4. The maximum absolute atomic E-state index is 13.2. The van der Waals surface area contributed by atoms with E-state index in [0.29, 0.717) is 12.0 Å². The number of rotatable bonds is 17. The van der Waals surface area contributed by atoms with Gasteiger partial charge in [-0.15, -0.1) is 0 Å². The number of carbonyl (C=O) groups excluding carboxylic acids is 4. The third kappa shape index (κ3) is 11.8. The summed E-state index contributed by atoms with van der Waals surface area (Å²) in [5, 5.41) is 34.8. The second-order valence-electron chi connectivity index (χ2n) is 9.25. The second kappa shape index (κ2) is 15.9. The van der Waals surface area contributed by atoms with Gasteiger partial charge in [0.05, 0.1) is 6.04 Å². The molecule has 14 heteroatoms. The summed E-state index contributed by atoms with van der Waals surface area (Å²) in [7, 11) is 0. The standard InChI is InChI=1S/C25H37N5O9/c1-3-13(2)21(24(37)29-18(25(38)39)9-11-20(33)34)30-23(36)17(8-10-19(27)32)28-22(35)16(26)12-14-4-6-15(31)7-5-14/h4-7,13,16-18,21,31H,3,8-12,26H2,1-2H3,(H2,27,32)(H,28,35)(H,29,37)(H,30,36)(H,33,34)(H,38,39). The van der Waals surface area contributed by atoms with Crippen molar-refractivity contribution in [1.82, 2.24) is 16.0 Å². The van der Waals surface area contributed by atoms with Crippen molar-refractivity contribution in [2.45, 2.75) is 76.5 Å². The molecule has 0 fully saturated rings. The summed E-state index contributed by atoms with van der Waals surface area (Å²) in [6.45, 7) is 3.38. The molecule has 0 heterocycles. The maximum Gasteiger partial charge on any atom is 0.326 e. The van der Waals surface area contributed by atoms with E-state index in [1.54, 1.807) is 26.0 Å². The summed E-state index contributed by atoms with van der Waals surface area (Å²) in [5.41, 5.74) is 11.8. The van der Waals surface area contributed by atoms with E-state index in [-0.39, 0.29) is 31.4 Å². The predicted molar refractivity (Wildman–Crippen MR) is 138 cm³/mol. The molecule has 10 N–H and O–H groups in total. The minimum absolute atomic E-state index is 0.0384. The first kappa shape index (κ1) is 32.8. The number of aromatic hydroxyl groups is 1. The van der Waals surface area contributed by atoms with Crippen LogP contribution in [0.2, 0.25) is 0 Å².